The topological polar surface area (TPSA) is 94.8 Å². The third-order valence-electron chi connectivity index (χ3n) is 3.19. The second-order valence-corrected chi connectivity index (χ2v) is 9.69. The van der Waals surface area contributed by atoms with Gasteiger partial charge in [0.2, 0.25) is 0 Å². The Bertz CT molecular complexity index is 789. The number of alkyl halides is 1. The second-order valence-electron chi connectivity index (χ2n) is 7.92. The van der Waals surface area contributed by atoms with Crippen molar-refractivity contribution in [3.05, 3.63) is 33.9 Å². The lowest BCUT2D eigenvalue weighted by Gasteiger charge is -2.35. The fourth-order valence-electron chi connectivity index (χ4n) is 2.25. The number of ether oxygens (including phenoxy) is 2. The molecule has 1 aromatic rings. The molecular weight excluding hydrogens is 434 g/mol. The van der Waals surface area contributed by atoms with E-state index in [-0.39, 0.29) is 11.3 Å². The summed E-state index contributed by atoms with van der Waals surface area (Å²) in [5.41, 5.74) is 5.52. The van der Waals surface area contributed by atoms with Gasteiger partial charge < -0.3 is 15.2 Å². The van der Waals surface area contributed by atoms with E-state index in [0.717, 1.165) is 0 Å². The molecule has 0 aromatic carbocycles. The van der Waals surface area contributed by atoms with E-state index >= 15 is 0 Å². The summed E-state index contributed by atoms with van der Waals surface area (Å²) < 4.78 is 11.0. The normalized spacial score (nSPS) is 18.3. The van der Waals surface area contributed by atoms with Gasteiger partial charge >= 0.3 is 12.1 Å². The van der Waals surface area contributed by atoms with Crippen molar-refractivity contribution in [1.82, 2.24) is 9.88 Å². The van der Waals surface area contributed by atoms with Gasteiger partial charge in [0.15, 0.2) is 0 Å². The summed E-state index contributed by atoms with van der Waals surface area (Å²) in [4.78, 5) is 30.3. The Hall–Kier alpha value is -1.87. The summed E-state index contributed by atoms with van der Waals surface area (Å²) in [6.45, 7) is 10.6. The number of nitrogens with two attached hydrogens (primary N) is 1. The molecule has 7 nitrogen and oxygen atoms in total. The molecule has 0 aliphatic carbocycles. The number of thiazole rings is 1. The Kier molecular flexibility index (Phi) is 6.06. The lowest BCUT2D eigenvalue weighted by atomic mass is 10.1. The Labute approximate surface area is 171 Å². The molecule has 9 heteroatoms. The number of halogens is 1. The van der Waals surface area contributed by atoms with Crippen LogP contribution in [-0.2, 0) is 14.3 Å². The van der Waals surface area contributed by atoms with Crippen molar-refractivity contribution in [2.75, 3.05) is 0 Å². The third-order valence-corrected chi connectivity index (χ3v) is 4.85. The van der Waals surface area contributed by atoms with Crippen molar-refractivity contribution in [2.24, 2.45) is 5.73 Å². The zero-order valence-corrected chi connectivity index (χ0v) is 18.6. The molecule has 0 fully saturated rings. The van der Waals surface area contributed by atoms with Crippen molar-refractivity contribution >= 4 is 45.0 Å². The molecule has 1 aliphatic heterocycles. The molecule has 1 atom stereocenters. The maximum atomic E-state index is 12.9. The number of hydrogen-bond acceptors (Lipinski definition) is 7. The molecule has 0 spiro atoms. The van der Waals surface area contributed by atoms with Crippen molar-refractivity contribution in [3.63, 3.8) is 0 Å². The van der Waals surface area contributed by atoms with E-state index in [2.05, 4.69) is 20.9 Å². The standard InChI is InChI=1S/C18H24BrN3O4S/c1-17(2,3)25-15(23)12-10(20)9-11(14-21-7-8-27-14)22(13(12)19)16(24)26-18(4,5)6/h7-9,13H,20H2,1-6H3. The molecule has 2 rings (SSSR count). The number of hydrogen-bond donors (Lipinski definition) is 1. The van der Waals surface area contributed by atoms with Gasteiger partial charge in [-0.1, -0.05) is 15.9 Å². The lowest BCUT2D eigenvalue weighted by molar-refractivity contribution is -0.150. The second kappa shape index (κ2) is 7.63. The van der Waals surface area contributed by atoms with E-state index < -0.39 is 28.2 Å². The van der Waals surface area contributed by atoms with Gasteiger partial charge in [-0.05, 0) is 47.6 Å². The number of aromatic nitrogens is 1. The third kappa shape index (κ3) is 5.32. The van der Waals surface area contributed by atoms with Crippen LogP contribution in [0.3, 0.4) is 0 Å². The van der Waals surface area contributed by atoms with Crippen molar-refractivity contribution in [3.8, 4) is 0 Å². The number of carbonyl (C=O) groups excluding carboxylic acids is 2. The smallest absolute Gasteiger partial charge is 0.416 e. The van der Waals surface area contributed by atoms with Crippen LogP contribution in [0.4, 0.5) is 4.79 Å². The van der Waals surface area contributed by atoms with Crippen LogP contribution in [0.15, 0.2) is 28.9 Å². The average molecular weight is 458 g/mol. The van der Waals surface area contributed by atoms with Gasteiger partial charge in [-0.15, -0.1) is 11.3 Å². The summed E-state index contributed by atoms with van der Waals surface area (Å²) in [5.74, 6) is -0.607. The van der Waals surface area contributed by atoms with Gasteiger partial charge in [0, 0.05) is 17.3 Å². The van der Waals surface area contributed by atoms with Crippen LogP contribution in [0.2, 0.25) is 0 Å². The first-order valence-electron chi connectivity index (χ1n) is 8.31. The average Bonchev–Trinajstić information content (AvgIpc) is 2.96. The van der Waals surface area contributed by atoms with E-state index in [1.165, 1.54) is 16.2 Å². The Morgan fingerprint density at radius 2 is 1.78 bits per heavy atom. The van der Waals surface area contributed by atoms with Gasteiger partial charge in [-0.25, -0.2) is 14.6 Å². The quantitative estimate of drug-likeness (QED) is 0.409. The van der Waals surface area contributed by atoms with Crippen LogP contribution < -0.4 is 5.73 Å². The van der Waals surface area contributed by atoms with Crippen LogP contribution >= 0.6 is 27.3 Å². The number of esters is 1. The highest BCUT2D eigenvalue weighted by Crippen LogP contribution is 2.37. The molecule has 148 valence electrons. The molecule has 0 saturated heterocycles. The van der Waals surface area contributed by atoms with Gasteiger partial charge in [-0.2, -0.15) is 0 Å². The van der Waals surface area contributed by atoms with Gasteiger partial charge in [0.25, 0.3) is 0 Å². The molecule has 1 aromatic heterocycles. The van der Waals surface area contributed by atoms with Crippen LogP contribution in [-0.4, -0.2) is 38.1 Å². The van der Waals surface area contributed by atoms with Crippen molar-refractivity contribution in [1.29, 1.82) is 0 Å². The number of nitrogens with zero attached hydrogens (tertiary/aromatic N) is 2. The molecule has 2 N–H and O–H groups in total. The SMILES string of the molecule is CC(C)(C)OC(=O)C1=C(N)C=C(c2nccs2)N(C(=O)OC(C)(C)C)C1Br. The molecule has 0 bridgehead atoms. The van der Waals surface area contributed by atoms with Crippen molar-refractivity contribution < 1.29 is 19.1 Å². The Balaban J connectivity index is 2.50. The maximum absolute atomic E-state index is 12.9. The van der Waals surface area contributed by atoms with Crippen LogP contribution in [0.5, 0.6) is 0 Å². The fraction of sp³-hybridized carbons (Fsp3) is 0.500. The van der Waals surface area contributed by atoms with E-state index in [9.17, 15) is 9.59 Å². The summed E-state index contributed by atoms with van der Waals surface area (Å²) in [6, 6.07) is 0. The zero-order valence-electron chi connectivity index (χ0n) is 16.2. The van der Waals surface area contributed by atoms with E-state index in [0.29, 0.717) is 10.7 Å². The highest BCUT2D eigenvalue weighted by molar-refractivity contribution is 9.09. The minimum absolute atomic E-state index is 0.135. The minimum Gasteiger partial charge on any atom is -0.456 e. The molecule has 1 amide bonds. The Morgan fingerprint density at radius 1 is 1.19 bits per heavy atom. The van der Waals surface area contributed by atoms with E-state index in [4.69, 9.17) is 15.2 Å². The van der Waals surface area contributed by atoms with Gasteiger partial charge in [-0.3, -0.25) is 4.90 Å². The molecule has 27 heavy (non-hydrogen) atoms. The minimum atomic E-state index is -0.855. The van der Waals surface area contributed by atoms with E-state index in [1.807, 2.05) is 0 Å². The highest BCUT2D eigenvalue weighted by Gasteiger charge is 2.40. The largest absolute Gasteiger partial charge is 0.456 e. The maximum Gasteiger partial charge on any atom is 0.416 e. The molecule has 2 heterocycles. The summed E-state index contributed by atoms with van der Waals surface area (Å²) >= 11 is 4.77. The first-order valence-corrected chi connectivity index (χ1v) is 10.1. The Morgan fingerprint density at radius 3 is 2.26 bits per heavy atom. The monoisotopic (exact) mass is 457 g/mol. The van der Waals surface area contributed by atoms with E-state index in [1.54, 1.807) is 59.2 Å². The van der Waals surface area contributed by atoms with Crippen LogP contribution in [0, 0.1) is 0 Å². The highest BCUT2D eigenvalue weighted by atomic mass is 79.9. The summed E-state index contributed by atoms with van der Waals surface area (Å²) in [6.07, 6.45) is 2.54. The molecule has 1 aliphatic rings. The first kappa shape index (κ1) is 21.4. The number of allylic oxidation sites excluding steroid dienone is 1. The molecule has 0 radical (unpaired) electrons. The van der Waals surface area contributed by atoms with Crippen LogP contribution in [0.1, 0.15) is 46.6 Å². The molecular formula is C18H24BrN3O4S. The number of carbonyl (C=O) groups is 2. The predicted octanol–water partition coefficient (Wildman–Crippen LogP) is 4.01. The van der Waals surface area contributed by atoms with Gasteiger partial charge in [0.1, 0.15) is 21.2 Å². The fourth-order valence-corrected chi connectivity index (χ4v) is 3.74. The van der Waals surface area contributed by atoms with Gasteiger partial charge in [0.05, 0.1) is 11.3 Å². The summed E-state index contributed by atoms with van der Waals surface area (Å²) in [7, 11) is 0. The zero-order chi connectivity index (χ0) is 20.6. The predicted molar refractivity (Wildman–Crippen MR) is 108 cm³/mol. The molecule has 1 unspecified atom stereocenters. The van der Waals surface area contributed by atoms with Crippen molar-refractivity contribution in [2.45, 2.75) is 57.7 Å². The molecule has 0 saturated carbocycles. The number of rotatable bonds is 2. The first-order chi connectivity index (χ1) is 12.3. The lowest BCUT2D eigenvalue weighted by Crippen LogP contribution is -2.45. The van der Waals surface area contributed by atoms with Crippen LogP contribution in [0.25, 0.3) is 5.70 Å². The number of amides is 1. The summed E-state index contributed by atoms with van der Waals surface area (Å²) in [5, 5.41) is 2.37.